The van der Waals surface area contributed by atoms with E-state index in [0.29, 0.717) is 5.92 Å². The number of rotatable bonds is 6. The summed E-state index contributed by atoms with van der Waals surface area (Å²) in [4.78, 5) is 15.7. The number of esters is 1. The van der Waals surface area contributed by atoms with E-state index in [2.05, 4.69) is 113 Å². The average Bonchev–Trinajstić information content (AvgIpc) is 3.63. The van der Waals surface area contributed by atoms with Gasteiger partial charge in [0, 0.05) is 34.5 Å². The molecule has 2 fully saturated rings. The molecule has 5 rings (SSSR count). The van der Waals surface area contributed by atoms with Gasteiger partial charge in [0.25, 0.3) is 0 Å². The Bertz CT molecular complexity index is 1250. The van der Waals surface area contributed by atoms with Crippen LogP contribution in [-0.2, 0) is 40.8 Å². The van der Waals surface area contributed by atoms with Crippen LogP contribution >= 0.6 is 0 Å². The molecular formula is C32H33CrNO5. The molecule has 2 bridgehead atoms. The van der Waals surface area contributed by atoms with Gasteiger partial charge in [0.15, 0.2) is 6.10 Å². The van der Waals surface area contributed by atoms with Gasteiger partial charge in [0.2, 0.25) is 0 Å². The molecule has 3 aromatic carbocycles. The molecular weight excluding hydrogens is 530 g/mol. The molecule has 3 aromatic rings. The van der Waals surface area contributed by atoms with Crippen molar-refractivity contribution in [2.45, 2.75) is 44.8 Å². The standard InChI is InChI=1S/C29H33NO2.3CO.Cr/c1-19(30(2)3)23-11-6-7-13-25(23)28(26-14-8-10-21-9-4-5-12-24(21)26)32-29(31)27-18-20-15-16-22(27)17-20;3*1-2;/h4-14,19-20,22,27-28H,15-18H2,1-3H3;;;;/t19-,20-,22+,27-,28-;;;;/m1..../s1. The number of hydrogen-bond acceptors (Lipinski definition) is 3. The molecule has 2 aliphatic carbocycles. The summed E-state index contributed by atoms with van der Waals surface area (Å²) in [7, 11) is 4.19. The van der Waals surface area contributed by atoms with Crippen LogP contribution in [0.4, 0.5) is 0 Å². The third-order valence-electron chi connectivity index (χ3n) is 7.88. The van der Waals surface area contributed by atoms with Gasteiger partial charge in [0.05, 0.1) is 5.92 Å². The molecule has 0 aliphatic heterocycles. The van der Waals surface area contributed by atoms with Crippen LogP contribution in [0.3, 0.4) is 0 Å². The van der Waals surface area contributed by atoms with E-state index in [0.717, 1.165) is 28.9 Å². The van der Waals surface area contributed by atoms with Crippen molar-refractivity contribution in [3.05, 3.63) is 103 Å². The van der Waals surface area contributed by atoms with Gasteiger partial charge in [-0.15, -0.1) is 0 Å². The summed E-state index contributed by atoms with van der Waals surface area (Å²) >= 11 is 0. The predicted molar refractivity (Wildman–Crippen MR) is 141 cm³/mol. The Morgan fingerprint density at radius 2 is 1.38 bits per heavy atom. The number of fused-ring (bicyclic) bond motifs is 3. The summed E-state index contributed by atoms with van der Waals surface area (Å²) in [6.45, 7) is 15.7. The average molecular weight is 564 g/mol. The molecule has 2 saturated carbocycles. The van der Waals surface area contributed by atoms with E-state index in [1.807, 2.05) is 0 Å². The molecule has 5 atom stereocenters. The number of carbonyl (C=O) groups excluding carboxylic acids is 1. The quantitative estimate of drug-likeness (QED) is 0.197. The van der Waals surface area contributed by atoms with Gasteiger partial charge in [-0.25, -0.2) is 0 Å². The van der Waals surface area contributed by atoms with Crippen molar-refractivity contribution in [3.8, 4) is 0 Å². The molecule has 0 heterocycles. The van der Waals surface area contributed by atoms with Crippen molar-refractivity contribution in [2.75, 3.05) is 14.1 Å². The Labute approximate surface area is 242 Å². The number of nitrogens with zero attached hydrogens (tertiary/aromatic N) is 1. The van der Waals surface area contributed by atoms with Gasteiger partial charge in [0.1, 0.15) is 0 Å². The smallest absolute Gasteiger partial charge is 0 e. The Balaban J connectivity index is 0.00000102. The first kappa shape index (κ1) is 34.1. The first-order valence-electron chi connectivity index (χ1n) is 12.6. The molecule has 0 aromatic heterocycles. The monoisotopic (exact) mass is 563 g/mol. The van der Waals surface area contributed by atoms with Crippen molar-refractivity contribution >= 4 is 16.7 Å². The molecule has 39 heavy (non-hydrogen) atoms. The third-order valence-corrected chi connectivity index (χ3v) is 7.88. The number of carbonyl (C=O) groups is 1. The normalized spacial score (nSPS) is 19.9. The van der Waals surface area contributed by atoms with E-state index in [1.165, 1.54) is 30.2 Å². The molecule has 6 nitrogen and oxygen atoms in total. The fourth-order valence-electron chi connectivity index (χ4n) is 5.92. The maximum atomic E-state index is 13.5. The van der Waals surface area contributed by atoms with Crippen molar-refractivity contribution in [1.29, 1.82) is 0 Å². The zero-order chi connectivity index (χ0) is 28.2. The van der Waals surface area contributed by atoms with Crippen molar-refractivity contribution in [3.63, 3.8) is 0 Å². The maximum absolute atomic E-state index is 13.5. The molecule has 0 saturated heterocycles. The van der Waals surface area contributed by atoms with E-state index in [-0.39, 0.29) is 35.3 Å². The largest absolute Gasteiger partial charge is 0 e. The van der Waals surface area contributed by atoms with Gasteiger partial charge in [-0.05, 0) is 68.5 Å². The van der Waals surface area contributed by atoms with Crippen molar-refractivity contribution in [2.24, 2.45) is 17.8 Å². The number of ether oxygens (including phenoxy) is 1. The van der Waals surface area contributed by atoms with Gasteiger partial charge < -0.3 is 9.64 Å². The summed E-state index contributed by atoms with van der Waals surface area (Å²) in [6.07, 6.45) is 4.25. The van der Waals surface area contributed by atoms with Crippen LogP contribution in [0.2, 0.25) is 0 Å². The molecule has 0 amide bonds. The van der Waals surface area contributed by atoms with Gasteiger partial charge in [-0.1, -0.05) is 73.2 Å². The molecule has 7 heteroatoms. The minimum Gasteiger partial charge on any atom is 0 e. The first-order valence-corrected chi connectivity index (χ1v) is 12.6. The number of benzene rings is 3. The zero-order valence-corrected chi connectivity index (χ0v) is 23.7. The van der Waals surface area contributed by atoms with E-state index in [9.17, 15) is 4.79 Å². The Kier molecular flexibility index (Phi) is 14.8. The van der Waals surface area contributed by atoms with Crippen LogP contribution in [0.5, 0.6) is 0 Å². The third kappa shape index (κ3) is 7.83. The first-order chi connectivity index (χ1) is 18.5. The fourth-order valence-corrected chi connectivity index (χ4v) is 5.92. The molecule has 2 aliphatic rings. The summed E-state index contributed by atoms with van der Waals surface area (Å²) in [5.41, 5.74) is 3.36. The summed E-state index contributed by atoms with van der Waals surface area (Å²) in [5, 5.41) is 2.32. The Morgan fingerprint density at radius 1 is 0.821 bits per heavy atom. The van der Waals surface area contributed by atoms with Crippen LogP contribution in [0.25, 0.3) is 10.8 Å². The molecule has 0 radical (unpaired) electrons. The second kappa shape index (κ2) is 16.9. The molecule has 0 unspecified atom stereocenters. The van der Waals surface area contributed by atoms with Crippen LogP contribution in [0.1, 0.15) is 61.4 Å². The SMILES string of the molecule is C[C@H](c1ccccc1[C@@H](OC(=O)[C@@H]1C[C@@H]2CC[C@H]1C2)c1cccc2ccccc12)N(C)C.[C-]#[O+].[C-]#[O+].[C-]#[O+].[Cr]. The summed E-state index contributed by atoms with van der Waals surface area (Å²) < 4.78 is 29.0. The van der Waals surface area contributed by atoms with E-state index in [4.69, 9.17) is 18.7 Å². The van der Waals surface area contributed by atoms with E-state index >= 15 is 0 Å². The topological polar surface area (TPSA) is 89.2 Å². The van der Waals surface area contributed by atoms with Gasteiger partial charge in [-0.3, -0.25) is 4.79 Å². The van der Waals surface area contributed by atoms with Crippen molar-refractivity contribution < 1.29 is 40.8 Å². The van der Waals surface area contributed by atoms with Crippen molar-refractivity contribution in [1.82, 2.24) is 4.90 Å². The fraction of sp³-hybridized carbons (Fsp3) is 0.375. The molecule has 0 spiro atoms. The van der Waals surface area contributed by atoms with Crippen LogP contribution in [0.15, 0.2) is 66.7 Å². The summed E-state index contributed by atoms with van der Waals surface area (Å²) in [6, 6.07) is 23.4. The summed E-state index contributed by atoms with van der Waals surface area (Å²) in [5.74, 6) is 1.28. The second-order valence-electron chi connectivity index (χ2n) is 9.94. The minimum atomic E-state index is -0.411. The van der Waals surface area contributed by atoms with Gasteiger partial charge >= 0.3 is 39.9 Å². The van der Waals surface area contributed by atoms with Crippen LogP contribution in [-0.4, -0.2) is 25.0 Å². The zero-order valence-electron chi connectivity index (χ0n) is 22.5. The Hall–Kier alpha value is -2.90. The van der Waals surface area contributed by atoms with E-state index in [1.54, 1.807) is 0 Å². The van der Waals surface area contributed by atoms with Crippen LogP contribution < -0.4 is 0 Å². The predicted octanol–water partition coefficient (Wildman–Crippen LogP) is 6.42. The van der Waals surface area contributed by atoms with E-state index < -0.39 is 6.10 Å². The molecule has 0 N–H and O–H groups in total. The minimum absolute atomic E-state index is 0. The Morgan fingerprint density at radius 3 is 1.97 bits per heavy atom. The van der Waals surface area contributed by atoms with Gasteiger partial charge in [-0.2, -0.15) is 0 Å². The number of hydrogen-bond donors (Lipinski definition) is 0. The second-order valence-corrected chi connectivity index (χ2v) is 9.94. The molecule has 202 valence electrons. The van der Waals surface area contributed by atoms with Crippen LogP contribution in [0, 0.1) is 37.7 Å². The maximum Gasteiger partial charge on any atom is 0 e.